The van der Waals surface area contributed by atoms with Gasteiger partial charge in [0.2, 0.25) is 0 Å². The summed E-state index contributed by atoms with van der Waals surface area (Å²) in [5.74, 6) is 1.21. The van der Waals surface area contributed by atoms with E-state index in [4.69, 9.17) is 5.73 Å². The molecule has 0 saturated carbocycles. The number of nitrogens with zero attached hydrogens (tertiary/aromatic N) is 2. The van der Waals surface area contributed by atoms with Crippen LogP contribution in [0, 0.1) is 6.92 Å². The fraction of sp³-hybridized carbons (Fsp3) is 0.333. The first-order valence-corrected chi connectivity index (χ1v) is 8.01. The number of hydrogen-bond donors (Lipinski definition) is 1. The molecule has 3 nitrogen and oxygen atoms in total. The van der Waals surface area contributed by atoms with Gasteiger partial charge in [0.1, 0.15) is 5.82 Å². The molecule has 0 radical (unpaired) electrons. The number of rotatable bonds is 3. The average Bonchev–Trinajstić information content (AvgIpc) is 2.65. The number of hydrogen-bond acceptors (Lipinski definition) is 4. The Kier molecular flexibility index (Phi) is 4.40. The lowest BCUT2D eigenvalue weighted by atomic mass is 10.2. The number of nitrogen functional groups attached to an aromatic ring is 1. The highest BCUT2D eigenvalue weighted by Crippen LogP contribution is 2.34. The quantitative estimate of drug-likeness (QED) is 0.834. The van der Waals surface area contributed by atoms with Crippen LogP contribution in [0.15, 0.2) is 15.0 Å². The molecule has 0 aliphatic heterocycles. The Morgan fingerprint density at radius 3 is 2.61 bits per heavy atom. The van der Waals surface area contributed by atoms with Gasteiger partial charge in [-0.15, -0.1) is 11.3 Å². The van der Waals surface area contributed by atoms with Gasteiger partial charge in [-0.05, 0) is 51.3 Å². The predicted octanol–water partition coefficient (Wildman–Crippen LogP) is 4.57. The van der Waals surface area contributed by atoms with E-state index < -0.39 is 0 Å². The number of anilines is 1. The van der Waals surface area contributed by atoms with Crippen LogP contribution in [0.25, 0.3) is 10.7 Å². The van der Waals surface area contributed by atoms with Crippen molar-refractivity contribution < 1.29 is 0 Å². The zero-order chi connectivity index (χ0) is 13.3. The molecule has 0 saturated heterocycles. The molecule has 2 rings (SSSR count). The summed E-state index contributed by atoms with van der Waals surface area (Å²) in [5.41, 5.74) is 6.90. The summed E-state index contributed by atoms with van der Waals surface area (Å²) < 4.78 is 1.91. The Balaban J connectivity index is 2.51. The maximum Gasteiger partial charge on any atom is 0.171 e. The minimum Gasteiger partial charge on any atom is -0.383 e. The van der Waals surface area contributed by atoms with Crippen LogP contribution < -0.4 is 5.73 Å². The summed E-state index contributed by atoms with van der Waals surface area (Å²) in [4.78, 5) is 11.2. The molecule has 2 aromatic rings. The SMILES string of the molecule is CCCc1nc(-c2cc(Br)c(C)s2)nc(N)c1Br. The van der Waals surface area contributed by atoms with Crippen LogP contribution >= 0.6 is 43.2 Å². The van der Waals surface area contributed by atoms with Gasteiger partial charge in [0.25, 0.3) is 0 Å². The van der Waals surface area contributed by atoms with Gasteiger partial charge in [-0.1, -0.05) is 13.3 Å². The van der Waals surface area contributed by atoms with Crippen molar-refractivity contribution in [3.05, 3.63) is 25.6 Å². The van der Waals surface area contributed by atoms with Crippen LogP contribution in [0.3, 0.4) is 0 Å². The molecule has 0 amide bonds. The molecule has 96 valence electrons. The molecule has 2 N–H and O–H groups in total. The van der Waals surface area contributed by atoms with Gasteiger partial charge < -0.3 is 5.73 Å². The normalized spacial score (nSPS) is 10.9. The highest BCUT2D eigenvalue weighted by Gasteiger charge is 2.13. The highest BCUT2D eigenvalue weighted by atomic mass is 79.9. The van der Waals surface area contributed by atoms with Gasteiger partial charge in [-0.25, -0.2) is 9.97 Å². The smallest absolute Gasteiger partial charge is 0.171 e. The molecule has 0 aliphatic rings. The lowest BCUT2D eigenvalue weighted by molar-refractivity contribution is 0.870. The fourth-order valence-electron chi connectivity index (χ4n) is 1.60. The summed E-state index contributed by atoms with van der Waals surface area (Å²) in [6.07, 6.45) is 1.92. The Hall–Kier alpha value is -0.460. The van der Waals surface area contributed by atoms with E-state index >= 15 is 0 Å². The monoisotopic (exact) mass is 389 g/mol. The number of halogens is 2. The van der Waals surface area contributed by atoms with Crippen molar-refractivity contribution in [2.24, 2.45) is 0 Å². The van der Waals surface area contributed by atoms with Crippen LogP contribution in [0.1, 0.15) is 23.9 Å². The van der Waals surface area contributed by atoms with Crippen LogP contribution in [0.2, 0.25) is 0 Å². The fourth-order valence-corrected chi connectivity index (χ4v) is 3.44. The largest absolute Gasteiger partial charge is 0.383 e. The van der Waals surface area contributed by atoms with Crippen molar-refractivity contribution in [2.75, 3.05) is 5.73 Å². The number of nitrogens with two attached hydrogens (primary N) is 1. The topological polar surface area (TPSA) is 51.8 Å². The molecule has 0 bridgehead atoms. The van der Waals surface area contributed by atoms with E-state index in [-0.39, 0.29) is 0 Å². The van der Waals surface area contributed by atoms with Crippen LogP contribution in [0.5, 0.6) is 0 Å². The molecule has 18 heavy (non-hydrogen) atoms. The van der Waals surface area contributed by atoms with Crippen molar-refractivity contribution in [3.63, 3.8) is 0 Å². The molecule has 2 heterocycles. The van der Waals surface area contributed by atoms with Gasteiger partial charge in [-0.2, -0.15) is 0 Å². The Bertz CT molecular complexity index is 561. The lowest BCUT2D eigenvalue weighted by Crippen LogP contribution is -2.02. The van der Waals surface area contributed by atoms with E-state index in [1.807, 2.05) is 6.07 Å². The molecular weight excluding hydrogens is 378 g/mol. The molecule has 0 unspecified atom stereocenters. The van der Waals surface area contributed by atoms with E-state index in [0.717, 1.165) is 32.4 Å². The molecule has 2 aromatic heterocycles. The van der Waals surface area contributed by atoms with Gasteiger partial charge in [-0.3, -0.25) is 0 Å². The second kappa shape index (κ2) is 5.67. The van der Waals surface area contributed by atoms with E-state index in [1.54, 1.807) is 11.3 Å². The third-order valence-electron chi connectivity index (χ3n) is 2.51. The Labute approximate surface area is 127 Å². The van der Waals surface area contributed by atoms with Gasteiger partial charge in [0.15, 0.2) is 5.82 Å². The summed E-state index contributed by atoms with van der Waals surface area (Å²) in [6.45, 7) is 4.18. The lowest BCUT2D eigenvalue weighted by Gasteiger charge is -2.06. The summed E-state index contributed by atoms with van der Waals surface area (Å²) in [7, 11) is 0. The molecule has 0 atom stereocenters. The summed E-state index contributed by atoms with van der Waals surface area (Å²) in [5, 5.41) is 0. The number of aromatic nitrogens is 2. The number of thiophene rings is 1. The van der Waals surface area contributed by atoms with E-state index in [1.165, 1.54) is 4.88 Å². The Morgan fingerprint density at radius 1 is 1.33 bits per heavy atom. The summed E-state index contributed by atoms with van der Waals surface area (Å²) in [6, 6.07) is 2.04. The second-order valence-electron chi connectivity index (χ2n) is 3.96. The summed E-state index contributed by atoms with van der Waals surface area (Å²) >= 11 is 8.63. The maximum atomic E-state index is 5.93. The minimum absolute atomic E-state index is 0.505. The van der Waals surface area contributed by atoms with Crippen LogP contribution in [-0.4, -0.2) is 9.97 Å². The first-order valence-electron chi connectivity index (χ1n) is 5.61. The van der Waals surface area contributed by atoms with Crippen LogP contribution in [0.4, 0.5) is 5.82 Å². The molecule has 0 fully saturated rings. The van der Waals surface area contributed by atoms with Crippen LogP contribution in [-0.2, 0) is 6.42 Å². The van der Waals surface area contributed by atoms with Gasteiger partial charge >= 0.3 is 0 Å². The van der Waals surface area contributed by atoms with Gasteiger partial charge in [0.05, 0.1) is 15.0 Å². The van der Waals surface area contributed by atoms with E-state index in [0.29, 0.717) is 11.6 Å². The Morgan fingerprint density at radius 2 is 2.06 bits per heavy atom. The third kappa shape index (κ3) is 2.75. The molecule has 0 aromatic carbocycles. The molecule has 0 aliphatic carbocycles. The van der Waals surface area contributed by atoms with Crippen molar-refractivity contribution in [3.8, 4) is 10.7 Å². The van der Waals surface area contributed by atoms with E-state index in [2.05, 4.69) is 55.7 Å². The first kappa shape index (κ1) is 14.0. The zero-order valence-electron chi connectivity index (χ0n) is 10.1. The minimum atomic E-state index is 0.505. The standard InChI is InChI=1S/C12H13Br2N3S/c1-3-4-8-10(14)11(15)17-12(16-8)9-5-7(13)6(2)18-9/h5H,3-4H2,1-2H3,(H2,15,16,17). The van der Waals surface area contributed by atoms with E-state index in [9.17, 15) is 0 Å². The van der Waals surface area contributed by atoms with Crippen molar-refractivity contribution in [2.45, 2.75) is 26.7 Å². The number of aryl methyl sites for hydroxylation is 2. The van der Waals surface area contributed by atoms with Crippen molar-refractivity contribution in [1.82, 2.24) is 9.97 Å². The second-order valence-corrected chi connectivity index (χ2v) is 6.86. The average molecular weight is 391 g/mol. The molecule has 6 heteroatoms. The van der Waals surface area contributed by atoms with Crippen molar-refractivity contribution >= 4 is 49.0 Å². The molecule has 0 spiro atoms. The highest BCUT2D eigenvalue weighted by molar-refractivity contribution is 9.11. The van der Waals surface area contributed by atoms with Crippen molar-refractivity contribution in [1.29, 1.82) is 0 Å². The third-order valence-corrected chi connectivity index (χ3v) is 5.51. The predicted molar refractivity (Wildman–Crippen MR) is 83.9 cm³/mol. The maximum absolute atomic E-state index is 5.93. The first-order chi connectivity index (χ1) is 8.52. The molecular formula is C12H13Br2N3S. The zero-order valence-corrected chi connectivity index (χ0v) is 14.1. The van der Waals surface area contributed by atoms with Gasteiger partial charge in [0, 0.05) is 9.35 Å².